The zero-order valence-electron chi connectivity index (χ0n) is 9.70. The molecule has 96 valence electrons. The summed E-state index contributed by atoms with van der Waals surface area (Å²) in [5.41, 5.74) is 5.75. The van der Waals surface area contributed by atoms with Crippen LogP contribution in [0.5, 0.6) is 0 Å². The van der Waals surface area contributed by atoms with E-state index in [9.17, 15) is 8.42 Å². The molecule has 0 amide bonds. The molecule has 1 fully saturated rings. The molecule has 7 heteroatoms. The predicted octanol–water partition coefficient (Wildman–Crippen LogP) is -0.0311. The molecule has 1 aromatic rings. The van der Waals surface area contributed by atoms with Crippen LogP contribution in [0.4, 0.5) is 0 Å². The highest BCUT2D eigenvalue weighted by Gasteiger charge is 2.33. The zero-order valence-corrected chi connectivity index (χ0v) is 10.5. The number of rotatable bonds is 5. The minimum atomic E-state index is -3.60. The van der Waals surface area contributed by atoms with E-state index in [1.165, 1.54) is 18.3 Å². The van der Waals surface area contributed by atoms with Crippen LogP contribution in [0.3, 0.4) is 0 Å². The van der Waals surface area contributed by atoms with Crippen LogP contribution in [0.2, 0.25) is 0 Å². The highest BCUT2D eigenvalue weighted by Crippen LogP contribution is 2.32. The fourth-order valence-electron chi connectivity index (χ4n) is 1.71. The normalized spacial score (nSPS) is 17.1. The van der Waals surface area contributed by atoms with Crippen LogP contribution in [0, 0.1) is 17.2 Å². The summed E-state index contributed by atoms with van der Waals surface area (Å²) >= 11 is 0. The Morgan fingerprint density at radius 3 is 2.72 bits per heavy atom. The summed E-state index contributed by atoms with van der Waals surface area (Å²) in [6.07, 6.45) is 3.20. The second kappa shape index (κ2) is 5.02. The Morgan fingerprint density at radius 2 is 2.28 bits per heavy atom. The maximum absolute atomic E-state index is 12.0. The average molecular weight is 266 g/mol. The number of nitriles is 1. The summed E-state index contributed by atoms with van der Waals surface area (Å²) in [5, 5.41) is 8.60. The third-order valence-corrected chi connectivity index (χ3v) is 4.39. The molecule has 0 aromatic carbocycles. The van der Waals surface area contributed by atoms with Gasteiger partial charge in [0.25, 0.3) is 0 Å². The van der Waals surface area contributed by atoms with Gasteiger partial charge in [0, 0.05) is 18.8 Å². The Balaban J connectivity index is 2.16. The predicted molar refractivity (Wildman–Crippen MR) is 64.8 cm³/mol. The van der Waals surface area contributed by atoms with Crippen LogP contribution in [-0.4, -0.2) is 26.0 Å². The SMILES string of the molecule is N#Cc1ccc(S(=O)(=O)NC(CN)C2CC2)cn1. The molecule has 2 rings (SSSR count). The summed E-state index contributed by atoms with van der Waals surface area (Å²) in [5.74, 6) is 0.344. The van der Waals surface area contributed by atoms with Gasteiger partial charge in [0.15, 0.2) is 0 Å². The Kier molecular flexibility index (Phi) is 3.61. The van der Waals surface area contributed by atoms with Gasteiger partial charge in [0.1, 0.15) is 16.7 Å². The number of nitrogens with two attached hydrogens (primary N) is 1. The van der Waals surface area contributed by atoms with Crippen molar-refractivity contribution in [2.24, 2.45) is 11.7 Å². The molecule has 1 aliphatic rings. The van der Waals surface area contributed by atoms with Crippen LogP contribution < -0.4 is 10.5 Å². The van der Waals surface area contributed by atoms with E-state index in [0.29, 0.717) is 5.92 Å². The van der Waals surface area contributed by atoms with Crippen LogP contribution in [0.1, 0.15) is 18.5 Å². The van der Waals surface area contributed by atoms with Crippen molar-refractivity contribution in [1.82, 2.24) is 9.71 Å². The van der Waals surface area contributed by atoms with Crippen molar-refractivity contribution < 1.29 is 8.42 Å². The van der Waals surface area contributed by atoms with E-state index in [1.54, 1.807) is 0 Å². The van der Waals surface area contributed by atoms with E-state index >= 15 is 0 Å². The molecule has 1 atom stereocenters. The van der Waals surface area contributed by atoms with Crippen molar-refractivity contribution in [2.75, 3.05) is 6.54 Å². The van der Waals surface area contributed by atoms with Gasteiger partial charge in [-0.05, 0) is 30.9 Å². The second-order valence-electron chi connectivity index (χ2n) is 4.29. The van der Waals surface area contributed by atoms with E-state index in [1.807, 2.05) is 6.07 Å². The monoisotopic (exact) mass is 266 g/mol. The van der Waals surface area contributed by atoms with Gasteiger partial charge < -0.3 is 5.73 Å². The molecule has 0 aliphatic heterocycles. The molecule has 0 saturated heterocycles. The van der Waals surface area contributed by atoms with Gasteiger partial charge in [0.2, 0.25) is 10.0 Å². The molecular formula is C11H14N4O2S. The number of nitrogens with one attached hydrogen (secondary N) is 1. The standard InChI is InChI=1S/C11H14N4O2S/c12-5-9-3-4-10(7-14-9)18(16,17)15-11(6-13)8-1-2-8/h3-4,7-8,11,15H,1-2,6,13H2. The van der Waals surface area contributed by atoms with Crippen LogP contribution >= 0.6 is 0 Å². The number of sulfonamides is 1. The quantitative estimate of drug-likeness (QED) is 0.777. The van der Waals surface area contributed by atoms with E-state index in [-0.39, 0.29) is 23.2 Å². The molecule has 1 aliphatic carbocycles. The highest BCUT2D eigenvalue weighted by molar-refractivity contribution is 7.89. The highest BCUT2D eigenvalue weighted by atomic mass is 32.2. The smallest absolute Gasteiger partial charge is 0.242 e. The van der Waals surface area contributed by atoms with Crippen molar-refractivity contribution in [2.45, 2.75) is 23.8 Å². The van der Waals surface area contributed by atoms with Crippen molar-refractivity contribution in [1.29, 1.82) is 5.26 Å². The van der Waals surface area contributed by atoms with Gasteiger partial charge in [-0.15, -0.1) is 0 Å². The topological polar surface area (TPSA) is 109 Å². The Bertz CT molecular complexity index is 558. The second-order valence-corrected chi connectivity index (χ2v) is 6.01. The lowest BCUT2D eigenvalue weighted by Crippen LogP contribution is -2.41. The van der Waals surface area contributed by atoms with Gasteiger partial charge in [-0.25, -0.2) is 18.1 Å². The minimum absolute atomic E-state index is 0.0561. The van der Waals surface area contributed by atoms with Gasteiger partial charge >= 0.3 is 0 Å². The fourth-order valence-corrected chi connectivity index (χ4v) is 2.97. The third-order valence-electron chi connectivity index (χ3n) is 2.91. The van der Waals surface area contributed by atoms with Gasteiger partial charge in [-0.1, -0.05) is 0 Å². The molecule has 0 bridgehead atoms. The molecule has 6 nitrogen and oxygen atoms in total. The first-order valence-corrected chi connectivity index (χ1v) is 7.13. The number of pyridine rings is 1. The van der Waals surface area contributed by atoms with Gasteiger partial charge in [0.05, 0.1) is 0 Å². The molecule has 1 saturated carbocycles. The van der Waals surface area contributed by atoms with Gasteiger partial charge in [-0.2, -0.15) is 5.26 Å². The van der Waals surface area contributed by atoms with Crippen molar-refractivity contribution in [3.8, 4) is 6.07 Å². The maximum Gasteiger partial charge on any atom is 0.242 e. The Labute approximate surface area is 106 Å². The fraction of sp³-hybridized carbons (Fsp3) is 0.455. The number of hydrogen-bond donors (Lipinski definition) is 2. The summed E-state index contributed by atoms with van der Waals surface area (Å²) < 4.78 is 26.7. The molecule has 1 unspecified atom stereocenters. The van der Waals surface area contributed by atoms with E-state index < -0.39 is 10.0 Å². The number of hydrogen-bond acceptors (Lipinski definition) is 5. The summed E-state index contributed by atoms with van der Waals surface area (Å²) in [4.78, 5) is 3.80. The Hall–Kier alpha value is -1.49. The molecule has 1 heterocycles. The van der Waals surface area contributed by atoms with E-state index in [4.69, 9.17) is 11.0 Å². The first-order valence-electron chi connectivity index (χ1n) is 5.65. The zero-order chi connectivity index (χ0) is 13.2. The maximum atomic E-state index is 12.0. The van der Waals surface area contributed by atoms with Crippen molar-refractivity contribution in [3.05, 3.63) is 24.0 Å². The lowest BCUT2D eigenvalue weighted by atomic mass is 10.2. The molecule has 18 heavy (non-hydrogen) atoms. The lowest BCUT2D eigenvalue weighted by Gasteiger charge is -2.15. The molecule has 3 N–H and O–H groups in total. The van der Waals surface area contributed by atoms with Crippen molar-refractivity contribution in [3.63, 3.8) is 0 Å². The third kappa shape index (κ3) is 2.85. The molecule has 0 spiro atoms. The lowest BCUT2D eigenvalue weighted by molar-refractivity contribution is 0.519. The largest absolute Gasteiger partial charge is 0.329 e. The first-order chi connectivity index (χ1) is 8.56. The average Bonchev–Trinajstić information content (AvgIpc) is 3.20. The minimum Gasteiger partial charge on any atom is -0.329 e. The van der Waals surface area contributed by atoms with Crippen LogP contribution in [-0.2, 0) is 10.0 Å². The van der Waals surface area contributed by atoms with E-state index in [2.05, 4.69) is 9.71 Å². The van der Waals surface area contributed by atoms with Gasteiger partial charge in [-0.3, -0.25) is 0 Å². The number of aromatic nitrogens is 1. The number of nitrogens with zero attached hydrogens (tertiary/aromatic N) is 2. The first kappa shape index (κ1) is 13.0. The summed E-state index contributed by atoms with van der Waals surface area (Å²) in [6, 6.07) is 4.37. The molecule has 1 aromatic heterocycles. The molecular weight excluding hydrogens is 252 g/mol. The van der Waals surface area contributed by atoms with E-state index in [0.717, 1.165) is 12.8 Å². The Morgan fingerprint density at radius 1 is 1.56 bits per heavy atom. The van der Waals surface area contributed by atoms with Crippen molar-refractivity contribution >= 4 is 10.0 Å². The van der Waals surface area contributed by atoms with Crippen LogP contribution in [0.25, 0.3) is 0 Å². The summed E-state index contributed by atoms with van der Waals surface area (Å²) in [6.45, 7) is 0.285. The molecule has 0 radical (unpaired) electrons. The summed E-state index contributed by atoms with van der Waals surface area (Å²) in [7, 11) is -3.60. The van der Waals surface area contributed by atoms with Crippen LogP contribution in [0.15, 0.2) is 23.2 Å².